The molecule has 2 heterocycles. The molecule has 16 heavy (non-hydrogen) atoms. The molecule has 1 aromatic heterocycles. The summed E-state index contributed by atoms with van der Waals surface area (Å²) in [5, 5.41) is 6.64. The molecule has 2 rings (SSSR count). The Kier molecular flexibility index (Phi) is 3.62. The third kappa shape index (κ3) is 2.64. The molecule has 0 saturated carbocycles. The van der Waals surface area contributed by atoms with E-state index in [4.69, 9.17) is 4.74 Å². The van der Waals surface area contributed by atoms with Crippen molar-refractivity contribution in [3.05, 3.63) is 17.7 Å². The van der Waals surface area contributed by atoms with Gasteiger partial charge in [0, 0.05) is 24.7 Å². The van der Waals surface area contributed by atoms with Gasteiger partial charge in [-0.15, -0.1) is 0 Å². The van der Waals surface area contributed by atoms with E-state index in [2.05, 4.69) is 35.5 Å². The first kappa shape index (κ1) is 11.2. The maximum absolute atomic E-state index is 5.59. The van der Waals surface area contributed by atoms with Gasteiger partial charge in [0.05, 0.1) is 0 Å². The predicted molar refractivity (Wildman–Crippen MR) is 64.8 cm³/mol. The fraction of sp³-hybridized carbons (Fsp3) is 0.583. The summed E-state index contributed by atoms with van der Waals surface area (Å²) >= 11 is 0. The minimum atomic E-state index is 0.439. The second kappa shape index (κ2) is 5.16. The Morgan fingerprint density at radius 2 is 2.44 bits per heavy atom. The van der Waals surface area contributed by atoms with Crippen LogP contribution in [0.15, 0.2) is 12.1 Å². The Labute approximate surface area is 96.4 Å². The van der Waals surface area contributed by atoms with Crippen LogP contribution in [-0.2, 0) is 6.54 Å². The molecule has 1 unspecified atom stereocenters. The number of nitrogens with one attached hydrogen (secondary N) is 2. The fourth-order valence-corrected chi connectivity index (χ4v) is 1.61. The zero-order valence-electron chi connectivity index (χ0n) is 9.92. The van der Waals surface area contributed by atoms with Crippen molar-refractivity contribution in [3.63, 3.8) is 0 Å². The van der Waals surface area contributed by atoms with Crippen LogP contribution in [0.25, 0.3) is 0 Å². The Morgan fingerprint density at radius 3 is 3.25 bits per heavy atom. The Bertz CT molecular complexity index is 354. The van der Waals surface area contributed by atoms with Gasteiger partial charge < -0.3 is 15.4 Å². The molecule has 4 heteroatoms. The van der Waals surface area contributed by atoms with E-state index < -0.39 is 0 Å². The van der Waals surface area contributed by atoms with Gasteiger partial charge >= 0.3 is 0 Å². The van der Waals surface area contributed by atoms with Crippen LogP contribution in [0.4, 0.5) is 5.82 Å². The van der Waals surface area contributed by atoms with E-state index in [-0.39, 0.29) is 0 Å². The van der Waals surface area contributed by atoms with Crippen molar-refractivity contribution in [2.24, 2.45) is 0 Å². The van der Waals surface area contributed by atoms with Gasteiger partial charge in [-0.3, -0.25) is 0 Å². The van der Waals surface area contributed by atoms with Gasteiger partial charge in [0.2, 0.25) is 5.88 Å². The average Bonchev–Trinajstić information content (AvgIpc) is 2.53. The molecule has 4 nitrogen and oxygen atoms in total. The largest absolute Gasteiger partial charge is 0.476 e. The maximum atomic E-state index is 5.59. The first-order valence-electron chi connectivity index (χ1n) is 5.89. The van der Waals surface area contributed by atoms with Crippen LogP contribution >= 0.6 is 0 Å². The maximum Gasteiger partial charge on any atom is 0.219 e. The molecule has 1 aliphatic rings. The molecule has 2 N–H and O–H groups in total. The summed E-state index contributed by atoms with van der Waals surface area (Å²) in [5.41, 5.74) is 1.13. The summed E-state index contributed by atoms with van der Waals surface area (Å²) in [5.74, 6) is 1.66. The fourth-order valence-electron chi connectivity index (χ4n) is 1.61. The number of hydrogen-bond acceptors (Lipinski definition) is 4. The van der Waals surface area contributed by atoms with Gasteiger partial charge in [-0.25, -0.2) is 0 Å². The van der Waals surface area contributed by atoms with E-state index >= 15 is 0 Å². The van der Waals surface area contributed by atoms with Crippen molar-refractivity contribution in [1.29, 1.82) is 0 Å². The Morgan fingerprint density at radius 1 is 1.56 bits per heavy atom. The van der Waals surface area contributed by atoms with Gasteiger partial charge in [0.25, 0.3) is 0 Å². The summed E-state index contributed by atoms with van der Waals surface area (Å²) in [7, 11) is 0. The first-order chi connectivity index (χ1) is 7.79. The summed E-state index contributed by atoms with van der Waals surface area (Å²) in [6, 6.07) is 4.53. The monoisotopic (exact) mass is 221 g/mol. The van der Waals surface area contributed by atoms with E-state index in [0.717, 1.165) is 36.8 Å². The molecule has 0 bridgehead atoms. The van der Waals surface area contributed by atoms with Crippen LogP contribution in [-0.4, -0.2) is 24.2 Å². The normalized spacial score (nSPS) is 16.9. The minimum Gasteiger partial charge on any atom is -0.476 e. The third-order valence-electron chi connectivity index (χ3n) is 2.78. The minimum absolute atomic E-state index is 0.439. The van der Waals surface area contributed by atoms with Crippen LogP contribution in [0.1, 0.15) is 25.8 Å². The number of rotatable bonds is 3. The molecule has 1 aromatic rings. The number of pyridine rings is 1. The van der Waals surface area contributed by atoms with Crippen LogP contribution < -0.4 is 15.4 Å². The Balaban J connectivity index is 2.14. The lowest BCUT2D eigenvalue weighted by Crippen LogP contribution is -2.16. The van der Waals surface area contributed by atoms with E-state index in [9.17, 15) is 0 Å². The SMILES string of the molecule is CCC(C)Nc1ccc2c(n1)OCCNC2. The highest BCUT2D eigenvalue weighted by molar-refractivity contribution is 5.42. The quantitative estimate of drug-likeness (QED) is 0.816. The number of anilines is 1. The lowest BCUT2D eigenvalue weighted by molar-refractivity contribution is 0.314. The van der Waals surface area contributed by atoms with Crippen molar-refractivity contribution >= 4 is 5.82 Å². The van der Waals surface area contributed by atoms with Gasteiger partial charge in [-0.05, 0) is 25.5 Å². The smallest absolute Gasteiger partial charge is 0.219 e. The number of fused-ring (bicyclic) bond motifs is 1. The van der Waals surface area contributed by atoms with E-state index in [1.54, 1.807) is 0 Å². The lowest BCUT2D eigenvalue weighted by Gasteiger charge is -2.13. The van der Waals surface area contributed by atoms with Crippen LogP contribution in [0.2, 0.25) is 0 Å². The highest BCUT2D eigenvalue weighted by atomic mass is 16.5. The van der Waals surface area contributed by atoms with Gasteiger partial charge in [-0.1, -0.05) is 6.92 Å². The topological polar surface area (TPSA) is 46.2 Å². The molecule has 0 aromatic carbocycles. The van der Waals surface area contributed by atoms with Crippen LogP contribution in [0.3, 0.4) is 0 Å². The molecule has 0 radical (unpaired) electrons. The zero-order chi connectivity index (χ0) is 11.4. The molecule has 0 spiro atoms. The molecular formula is C12H19N3O. The van der Waals surface area contributed by atoms with Crippen molar-refractivity contribution in [1.82, 2.24) is 10.3 Å². The van der Waals surface area contributed by atoms with Gasteiger partial charge in [0.15, 0.2) is 0 Å². The molecule has 0 fully saturated rings. The average molecular weight is 221 g/mol. The molecule has 0 saturated heterocycles. The summed E-state index contributed by atoms with van der Waals surface area (Å²) in [6.45, 7) is 6.71. The molecule has 1 atom stereocenters. The van der Waals surface area contributed by atoms with E-state index in [0.29, 0.717) is 12.6 Å². The van der Waals surface area contributed by atoms with E-state index in [1.807, 2.05) is 6.07 Å². The van der Waals surface area contributed by atoms with Crippen LogP contribution in [0.5, 0.6) is 5.88 Å². The molecule has 0 amide bonds. The van der Waals surface area contributed by atoms with Gasteiger partial charge in [-0.2, -0.15) is 4.98 Å². The summed E-state index contributed by atoms with van der Waals surface area (Å²) < 4.78 is 5.59. The summed E-state index contributed by atoms with van der Waals surface area (Å²) in [4.78, 5) is 4.49. The van der Waals surface area contributed by atoms with Crippen LogP contribution in [0, 0.1) is 0 Å². The lowest BCUT2D eigenvalue weighted by atomic mass is 10.2. The van der Waals surface area contributed by atoms with Gasteiger partial charge in [0.1, 0.15) is 12.4 Å². The second-order valence-electron chi connectivity index (χ2n) is 4.14. The number of nitrogens with zero attached hydrogens (tertiary/aromatic N) is 1. The number of ether oxygens (including phenoxy) is 1. The predicted octanol–water partition coefficient (Wildman–Crippen LogP) is 1.77. The molecular weight excluding hydrogens is 202 g/mol. The Hall–Kier alpha value is -1.29. The third-order valence-corrected chi connectivity index (χ3v) is 2.78. The van der Waals surface area contributed by atoms with Crippen molar-refractivity contribution in [2.75, 3.05) is 18.5 Å². The zero-order valence-corrected chi connectivity index (χ0v) is 9.92. The van der Waals surface area contributed by atoms with Crippen molar-refractivity contribution in [3.8, 4) is 5.88 Å². The second-order valence-corrected chi connectivity index (χ2v) is 4.14. The van der Waals surface area contributed by atoms with E-state index in [1.165, 1.54) is 0 Å². The highest BCUT2D eigenvalue weighted by Crippen LogP contribution is 2.20. The number of hydrogen-bond donors (Lipinski definition) is 2. The molecule has 88 valence electrons. The molecule has 0 aliphatic carbocycles. The standard InChI is InChI=1S/C12H19N3O/c1-3-9(2)14-11-5-4-10-8-13-6-7-16-12(10)15-11/h4-5,9,13H,3,6-8H2,1-2H3,(H,14,15). The van der Waals surface area contributed by atoms with Crippen molar-refractivity contribution < 1.29 is 4.74 Å². The highest BCUT2D eigenvalue weighted by Gasteiger charge is 2.11. The first-order valence-corrected chi connectivity index (χ1v) is 5.89. The number of aromatic nitrogens is 1. The van der Waals surface area contributed by atoms with Crippen molar-refractivity contribution in [2.45, 2.75) is 32.9 Å². The molecule has 1 aliphatic heterocycles. The summed E-state index contributed by atoms with van der Waals surface area (Å²) in [6.07, 6.45) is 1.08.